The molecule has 1 aromatic rings. The molecule has 0 fully saturated rings. The average molecular weight is 228 g/mol. The van der Waals surface area contributed by atoms with Gasteiger partial charge in [-0.25, -0.2) is 4.39 Å². The van der Waals surface area contributed by atoms with Crippen LogP contribution in [0, 0.1) is 5.82 Å². The molecule has 0 spiro atoms. The molecule has 15 heavy (non-hydrogen) atoms. The minimum Gasteiger partial charge on any atom is -0.396 e. The van der Waals surface area contributed by atoms with Gasteiger partial charge in [0, 0.05) is 21.9 Å². The van der Waals surface area contributed by atoms with Crippen LogP contribution in [0.2, 0.25) is 0 Å². The van der Waals surface area contributed by atoms with Crippen molar-refractivity contribution in [3.8, 4) is 0 Å². The lowest BCUT2D eigenvalue weighted by Crippen LogP contribution is -2.02. The molecule has 2 atom stereocenters. The molecule has 1 aliphatic rings. The predicted octanol–water partition coefficient (Wildman–Crippen LogP) is 2.06. The molecule has 2 unspecified atom stereocenters. The second-order valence-electron chi connectivity index (χ2n) is 3.71. The van der Waals surface area contributed by atoms with Crippen molar-refractivity contribution in [2.75, 3.05) is 12.9 Å². The first-order chi connectivity index (χ1) is 7.19. The second kappa shape index (κ2) is 4.12. The monoisotopic (exact) mass is 228 g/mol. The quantitative estimate of drug-likeness (QED) is 0.761. The van der Waals surface area contributed by atoms with E-state index in [1.807, 2.05) is 6.26 Å². The lowest BCUT2D eigenvalue weighted by molar-refractivity contribution is 0.156. The van der Waals surface area contributed by atoms with Gasteiger partial charge < -0.3 is 10.2 Å². The van der Waals surface area contributed by atoms with E-state index in [1.54, 1.807) is 6.07 Å². The Balaban J connectivity index is 2.59. The van der Waals surface area contributed by atoms with Crippen LogP contribution in [0.4, 0.5) is 4.39 Å². The van der Waals surface area contributed by atoms with Crippen LogP contribution in [-0.2, 0) is 0 Å². The molecule has 0 amide bonds. The maximum absolute atomic E-state index is 13.6. The number of hydrogen-bond acceptors (Lipinski definition) is 3. The van der Waals surface area contributed by atoms with Gasteiger partial charge in [0.1, 0.15) is 5.82 Å². The second-order valence-corrected chi connectivity index (χ2v) is 4.56. The van der Waals surface area contributed by atoms with Crippen LogP contribution in [0.3, 0.4) is 0 Å². The summed E-state index contributed by atoms with van der Waals surface area (Å²) in [7, 11) is 0. The highest BCUT2D eigenvalue weighted by molar-refractivity contribution is 7.98. The van der Waals surface area contributed by atoms with Gasteiger partial charge in [0.05, 0.1) is 12.7 Å². The Kier molecular flexibility index (Phi) is 3.00. The van der Waals surface area contributed by atoms with Gasteiger partial charge in [-0.3, -0.25) is 0 Å². The fourth-order valence-electron chi connectivity index (χ4n) is 2.20. The van der Waals surface area contributed by atoms with E-state index in [4.69, 9.17) is 5.11 Å². The first-order valence-electron chi connectivity index (χ1n) is 4.84. The molecule has 0 bridgehead atoms. The van der Waals surface area contributed by atoms with E-state index in [9.17, 15) is 9.50 Å². The molecule has 82 valence electrons. The van der Waals surface area contributed by atoms with Crippen molar-refractivity contribution < 1.29 is 14.6 Å². The van der Waals surface area contributed by atoms with E-state index in [0.717, 1.165) is 4.90 Å². The summed E-state index contributed by atoms with van der Waals surface area (Å²) in [6, 6.07) is 3.09. The van der Waals surface area contributed by atoms with Crippen molar-refractivity contribution in [2.45, 2.75) is 23.3 Å². The molecule has 1 aromatic carbocycles. The van der Waals surface area contributed by atoms with Crippen LogP contribution in [-0.4, -0.2) is 23.1 Å². The summed E-state index contributed by atoms with van der Waals surface area (Å²) < 4.78 is 13.6. The number of aliphatic hydroxyl groups is 2. The van der Waals surface area contributed by atoms with Gasteiger partial charge in [0.25, 0.3) is 0 Å². The molecule has 2 N–H and O–H groups in total. The lowest BCUT2D eigenvalue weighted by atomic mass is 10.0. The van der Waals surface area contributed by atoms with Gasteiger partial charge in [0.15, 0.2) is 0 Å². The van der Waals surface area contributed by atoms with Crippen molar-refractivity contribution >= 4 is 11.8 Å². The Morgan fingerprint density at radius 3 is 2.80 bits per heavy atom. The molecule has 0 heterocycles. The van der Waals surface area contributed by atoms with Crippen LogP contribution >= 0.6 is 11.8 Å². The lowest BCUT2D eigenvalue weighted by Gasteiger charge is -2.11. The number of hydrogen-bond donors (Lipinski definition) is 2. The van der Waals surface area contributed by atoms with E-state index < -0.39 is 6.10 Å². The maximum atomic E-state index is 13.6. The summed E-state index contributed by atoms with van der Waals surface area (Å²) in [6.45, 7) is -0.112. The van der Waals surface area contributed by atoms with E-state index in [1.165, 1.54) is 17.8 Å². The summed E-state index contributed by atoms with van der Waals surface area (Å²) >= 11 is 1.49. The van der Waals surface area contributed by atoms with E-state index in [2.05, 4.69) is 0 Å². The van der Waals surface area contributed by atoms with Crippen molar-refractivity contribution in [2.24, 2.45) is 0 Å². The largest absolute Gasteiger partial charge is 0.396 e. The molecule has 4 heteroatoms. The van der Waals surface area contributed by atoms with Gasteiger partial charge in [-0.05, 0) is 24.8 Å². The minimum atomic E-state index is -0.643. The Bertz CT molecular complexity index is 381. The highest BCUT2D eigenvalue weighted by Gasteiger charge is 2.33. The Hall–Kier alpha value is -0.580. The highest BCUT2D eigenvalue weighted by atomic mass is 32.2. The average Bonchev–Trinajstić information content (AvgIpc) is 2.58. The molecule has 2 rings (SSSR count). The number of rotatable bonds is 2. The van der Waals surface area contributed by atoms with Gasteiger partial charge >= 0.3 is 0 Å². The number of thioether (sulfide) groups is 1. The third kappa shape index (κ3) is 1.67. The Morgan fingerprint density at radius 1 is 1.47 bits per heavy atom. The van der Waals surface area contributed by atoms with Gasteiger partial charge in [-0.2, -0.15) is 0 Å². The first-order valence-corrected chi connectivity index (χ1v) is 6.06. The maximum Gasteiger partial charge on any atom is 0.127 e. The number of benzene rings is 1. The van der Waals surface area contributed by atoms with Crippen LogP contribution < -0.4 is 0 Å². The third-order valence-electron chi connectivity index (χ3n) is 2.88. The number of halogens is 1. The van der Waals surface area contributed by atoms with Crippen molar-refractivity contribution in [3.05, 3.63) is 29.1 Å². The normalized spacial score (nSPS) is 24.3. The van der Waals surface area contributed by atoms with Crippen molar-refractivity contribution in [1.82, 2.24) is 0 Å². The zero-order valence-electron chi connectivity index (χ0n) is 8.40. The molecule has 1 aliphatic carbocycles. The summed E-state index contributed by atoms with van der Waals surface area (Å²) in [5, 5.41) is 19.0. The summed E-state index contributed by atoms with van der Waals surface area (Å²) in [5.41, 5.74) is 1.17. The van der Waals surface area contributed by atoms with Crippen LogP contribution in [0.15, 0.2) is 17.0 Å². The van der Waals surface area contributed by atoms with Gasteiger partial charge in [0.2, 0.25) is 0 Å². The van der Waals surface area contributed by atoms with Gasteiger partial charge in [-0.15, -0.1) is 11.8 Å². The smallest absolute Gasteiger partial charge is 0.127 e. The Morgan fingerprint density at radius 2 is 2.20 bits per heavy atom. The zero-order valence-corrected chi connectivity index (χ0v) is 9.22. The van der Waals surface area contributed by atoms with E-state index in [-0.39, 0.29) is 18.3 Å². The number of fused-ring (bicyclic) bond motifs is 1. The fourth-order valence-corrected chi connectivity index (χ4v) is 2.87. The summed E-state index contributed by atoms with van der Waals surface area (Å²) in [4.78, 5) is 0.898. The van der Waals surface area contributed by atoms with E-state index in [0.29, 0.717) is 17.5 Å². The molecule has 0 saturated heterocycles. The van der Waals surface area contributed by atoms with Crippen LogP contribution in [0.5, 0.6) is 0 Å². The fraction of sp³-hybridized carbons (Fsp3) is 0.455. The Labute approximate surface area is 92.1 Å². The minimum absolute atomic E-state index is 0.112. The van der Waals surface area contributed by atoms with Crippen molar-refractivity contribution in [3.63, 3.8) is 0 Å². The summed E-state index contributed by atoms with van der Waals surface area (Å²) in [5.74, 6) is -0.583. The third-order valence-corrected chi connectivity index (χ3v) is 3.68. The van der Waals surface area contributed by atoms with Crippen LogP contribution in [0.25, 0.3) is 0 Å². The molecule has 0 aliphatic heterocycles. The topological polar surface area (TPSA) is 40.5 Å². The van der Waals surface area contributed by atoms with Crippen molar-refractivity contribution in [1.29, 1.82) is 0 Å². The predicted molar refractivity (Wildman–Crippen MR) is 57.6 cm³/mol. The molecular weight excluding hydrogens is 215 g/mol. The molecular formula is C11H13FO2S. The molecule has 0 radical (unpaired) electrons. The van der Waals surface area contributed by atoms with Crippen LogP contribution in [0.1, 0.15) is 29.6 Å². The summed E-state index contributed by atoms with van der Waals surface area (Å²) in [6.07, 6.45) is 1.67. The van der Waals surface area contributed by atoms with E-state index >= 15 is 0 Å². The first kappa shape index (κ1) is 10.9. The molecule has 2 nitrogen and oxygen atoms in total. The standard InChI is InChI=1S/C11H13FO2S/c1-15-9-3-2-7(12)10-6(5-13)4-8(14)11(9)10/h2-3,6,8,13-14H,4-5H2,1H3. The SMILES string of the molecule is CSc1ccc(F)c2c1C(O)CC2CO. The van der Waals surface area contributed by atoms with Gasteiger partial charge in [-0.1, -0.05) is 0 Å². The number of aliphatic hydroxyl groups excluding tert-OH is 2. The highest BCUT2D eigenvalue weighted by Crippen LogP contribution is 2.45. The molecule has 0 aromatic heterocycles. The zero-order chi connectivity index (χ0) is 11.0. The molecule has 0 saturated carbocycles.